The van der Waals surface area contributed by atoms with E-state index >= 15 is 0 Å². The smallest absolute Gasteiger partial charge is 0.322 e. The molecule has 1 N–H and O–H groups in total. The second-order valence-electron chi connectivity index (χ2n) is 7.51. The minimum absolute atomic E-state index is 0.0467. The molecule has 1 aromatic carbocycles. The molecule has 7 nitrogen and oxygen atoms in total. The molecule has 2 aliphatic rings. The molecule has 7 heteroatoms. The van der Waals surface area contributed by atoms with E-state index in [0.717, 1.165) is 22.5 Å². The highest BCUT2D eigenvalue weighted by Gasteiger charge is 2.31. The fraction of sp³-hybridized carbons (Fsp3) is 0.381. The zero-order chi connectivity index (χ0) is 19.8. The molecule has 3 amide bonds. The van der Waals surface area contributed by atoms with Crippen molar-refractivity contribution in [2.75, 3.05) is 25.5 Å². The molecule has 0 radical (unpaired) electrons. The van der Waals surface area contributed by atoms with Gasteiger partial charge in [-0.2, -0.15) is 5.10 Å². The number of carbonyl (C=O) groups excluding carboxylic acids is 2. The highest BCUT2D eigenvalue weighted by Crippen LogP contribution is 2.25. The third-order valence-corrected chi connectivity index (χ3v) is 5.52. The molecule has 2 aromatic rings. The van der Waals surface area contributed by atoms with E-state index in [-0.39, 0.29) is 11.9 Å². The van der Waals surface area contributed by atoms with Crippen LogP contribution in [0.1, 0.15) is 32.9 Å². The number of fused-ring (bicyclic) bond motifs is 3. The Morgan fingerprint density at radius 2 is 1.93 bits per heavy atom. The van der Waals surface area contributed by atoms with Gasteiger partial charge in [0.2, 0.25) is 0 Å². The molecule has 0 fully saturated rings. The summed E-state index contributed by atoms with van der Waals surface area (Å²) < 4.78 is 1.77. The molecule has 4 rings (SSSR count). The molecule has 0 unspecified atom stereocenters. The van der Waals surface area contributed by atoms with Gasteiger partial charge in [0.25, 0.3) is 5.91 Å². The number of carbonyl (C=O) groups is 2. The summed E-state index contributed by atoms with van der Waals surface area (Å²) >= 11 is 0. The number of amides is 3. The lowest BCUT2D eigenvalue weighted by molar-refractivity contribution is 0.0794. The van der Waals surface area contributed by atoms with Gasteiger partial charge < -0.3 is 15.1 Å². The maximum Gasteiger partial charge on any atom is 0.322 e. The predicted octanol–water partition coefficient (Wildman–Crippen LogP) is 2.73. The van der Waals surface area contributed by atoms with Crippen molar-refractivity contribution in [1.29, 1.82) is 0 Å². The predicted molar refractivity (Wildman–Crippen MR) is 107 cm³/mol. The van der Waals surface area contributed by atoms with Crippen LogP contribution in [0.15, 0.2) is 30.4 Å². The van der Waals surface area contributed by atoms with Crippen LogP contribution < -0.4 is 5.32 Å². The van der Waals surface area contributed by atoms with Crippen molar-refractivity contribution < 1.29 is 9.59 Å². The summed E-state index contributed by atoms with van der Waals surface area (Å²) in [4.78, 5) is 29.1. The van der Waals surface area contributed by atoms with E-state index in [1.807, 2.05) is 44.2 Å². The van der Waals surface area contributed by atoms with Crippen molar-refractivity contribution in [3.8, 4) is 0 Å². The first kappa shape index (κ1) is 18.3. The number of allylic oxidation sites excluding steroid dienone is 1. The summed E-state index contributed by atoms with van der Waals surface area (Å²) in [5.74, 6) is -0.0467. The molecule has 3 heterocycles. The Hall–Kier alpha value is -3.09. The zero-order valence-corrected chi connectivity index (χ0v) is 16.5. The fourth-order valence-electron chi connectivity index (χ4n) is 3.66. The fourth-order valence-corrected chi connectivity index (χ4v) is 3.66. The number of aryl methyl sites for hydroxylation is 2. The van der Waals surface area contributed by atoms with Crippen LogP contribution in [0.2, 0.25) is 0 Å². The Balaban J connectivity index is 1.57. The normalized spacial score (nSPS) is 16.3. The average molecular weight is 379 g/mol. The van der Waals surface area contributed by atoms with E-state index in [2.05, 4.69) is 10.4 Å². The maximum absolute atomic E-state index is 12.9. The highest BCUT2D eigenvalue weighted by molar-refractivity contribution is 5.95. The number of benzene rings is 1. The molecule has 0 aliphatic carbocycles. The van der Waals surface area contributed by atoms with Crippen molar-refractivity contribution in [2.45, 2.75) is 33.4 Å². The molecule has 2 aliphatic heterocycles. The molecule has 146 valence electrons. The topological polar surface area (TPSA) is 70.5 Å². The number of anilines is 1. The Labute approximate surface area is 164 Å². The van der Waals surface area contributed by atoms with Gasteiger partial charge in [-0.05, 0) is 37.1 Å². The molecule has 0 atom stereocenters. The molecule has 0 spiro atoms. The summed E-state index contributed by atoms with van der Waals surface area (Å²) in [7, 11) is 1.79. The van der Waals surface area contributed by atoms with E-state index in [9.17, 15) is 9.59 Å². The quantitative estimate of drug-likeness (QED) is 0.775. The van der Waals surface area contributed by atoms with Gasteiger partial charge in [-0.1, -0.05) is 18.2 Å². The number of aromatic nitrogens is 2. The highest BCUT2D eigenvalue weighted by atomic mass is 16.2. The number of nitrogens with one attached hydrogen (secondary N) is 1. The summed E-state index contributed by atoms with van der Waals surface area (Å²) in [5, 5.41) is 7.61. The number of hydrogen-bond acceptors (Lipinski definition) is 3. The van der Waals surface area contributed by atoms with Crippen LogP contribution in [0.3, 0.4) is 0 Å². The van der Waals surface area contributed by atoms with Crippen LogP contribution in [0.4, 0.5) is 10.5 Å². The first-order chi connectivity index (χ1) is 13.4. The third kappa shape index (κ3) is 3.28. The Bertz CT molecular complexity index is 975. The molecule has 28 heavy (non-hydrogen) atoms. The zero-order valence-electron chi connectivity index (χ0n) is 16.5. The first-order valence-corrected chi connectivity index (χ1v) is 9.56. The number of nitrogens with zero attached hydrogens (tertiary/aromatic N) is 4. The van der Waals surface area contributed by atoms with Crippen molar-refractivity contribution in [3.05, 3.63) is 58.4 Å². The monoisotopic (exact) mass is 379 g/mol. The van der Waals surface area contributed by atoms with Crippen molar-refractivity contribution in [2.24, 2.45) is 0 Å². The van der Waals surface area contributed by atoms with Gasteiger partial charge in [-0.3, -0.25) is 9.48 Å². The van der Waals surface area contributed by atoms with E-state index in [4.69, 9.17) is 0 Å². The van der Waals surface area contributed by atoms with Gasteiger partial charge in [0.1, 0.15) is 5.69 Å². The van der Waals surface area contributed by atoms with Crippen LogP contribution in [-0.2, 0) is 19.5 Å². The van der Waals surface area contributed by atoms with Gasteiger partial charge >= 0.3 is 6.03 Å². The van der Waals surface area contributed by atoms with Crippen LogP contribution in [-0.4, -0.2) is 51.7 Å². The largest absolute Gasteiger partial charge is 0.337 e. The number of likely N-dealkylation sites (N-methyl/N-ethyl adjacent to an activating group) is 1. The molecule has 0 saturated carbocycles. The summed E-state index contributed by atoms with van der Waals surface area (Å²) in [6, 6.07) is 5.74. The van der Waals surface area contributed by atoms with E-state index in [0.29, 0.717) is 38.3 Å². The summed E-state index contributed by atoms with van der Waals surface area (Å²) in [6.45, 7) is 6.21. The number of hydrogen-bond donors (Lipinski definition) is 1. The molecule has 1 aromatic heterocycles. The number of urea groups is 1. The van der Waals surface area contributed by atoms with Crippen LogP contribution in [0, 0.1) is 13.8 Å². The van der Waals surface area contributed by atoms with E-state index in [1.54, 1.807) is 21.5 Å². The van der Waals surface area contributed by atoms with Crippen molar-refractivity contribution in [3.63, 3.8) is 0 Å². The standard InChI is InChI=1S/C21H25N5O2/c1-14-6-7-16(12-15(14)2)22-21(28)25-11-8-18-17(13-25)19-20(27)24(3)9-4-5-10-26(19)23-18/h4-7,12H,8-11,13H2,1-3H3,(H,22,28). The van der Waals surface area contributed by atoms with Gasteiger partial charge in [-0.25, -0.2) is 4.79 Å². The molecule has 0 bridgehead atoms. The lowest BCUT2D eigenvalue weighted by Gasteiger charge is -2.27. The summed E-state index contributed by atoms with van der Waals surface area (Å²) in [6.07, 6.45) is 4.65. The number of rotatable bonds is 1. The minimum atomic E-state index is -0.152. The molecular formula is C21H25N5O2. The van der Waals surface area contributed by atoms with Crippen molar-refractivity contribution in [1.82, 2.24) is 19.6 Å². The van der Waals surface area contributed by atoms with Crippen LogP contribution >= 0.6 is 0 Å². The van der Waals surface area contributed by atoms with Gasteiger partial charge in [0.15, 0.2) is 0 Å². The van der Waals surface area contributed by atoms with Crippen LogP contribution in [0.25, 0.3) is 0 Å². The lowest BCUT2D eigenvalue weighted by Crippen LogP contribution is -2.39. The Morgan fingerprint density at radius 3 is 2.71 bits per heavy atom. The SMILES string of the molecule is Cc1ccc(NC(=O)N2CCc3nn4c(c3C2)C(=O)N(C)CC=CC4)cc1C. The summed E-state index contributed by atoms with van der Waals surface area (Å²) in [5.41, 5.74) is 5.50. The van der Waals surface area contributed by atoms with Crippen molar-refractivity contribution >= 4 is 17.6 Å². The maximum atomic E-state index is 12.9. The lowest BCUT2D eigenvalue weighted by atomic mass is 10.0. The Morgan fingerprint density at radius 1 is 1.14 bits per heavy atom. The second kappa shape index (κ2) is 7.14. The van der Waals surface area contributed by atoms with Gasteiger partial charge in [0.05, 0.1) is 18.8 Å². The minimum Gasteiger partial charge on any atom is -0.337 e. The second-order valence-corrected chi connectivity index (χ2v) is 7.51. The average Bonchev–Trinajstić information content (AvgIpc) is 3.03. The van der Waals surface area contributed by atoms with Gasteiger partial charge in [-0.15, -0.1) is 0 Å². The third-order valence-electron chi connectivity index (χ3n) is 5.52. The van der Waals surface area contributed by atoms with Crippen LogP contribution in [0.5, 0.6) is 0 Å². The first-order valence-electron chi connectivity index (χ1n) is 9.56. The molecular weight excluding hydrogens is 354 g/mol. The molecule has 0 saturated heterocycles. The van der Waals surface area contributed by atoms with E-state index in [1.165, 1.54) is 5.56 Å². The van der Waals surface area contributed by atoms with E-state index < -0.39 is 0 Å². The Kier molecular flexibility index (Phi) is 4.66. The van der Waals surface area contributed by atoms with Gasteiger partial charge in [0, 0.05) is 37.8 Å².